The van der Waals surface area contributed by atoms with Crippen LogP contribution in [0.1, 0.15) is 31.9 Å². The molecule has 0 radical (unpaired) electrons. The highest BCUT2D eigenvalue weighted by Crippen LogP contribution is 2.29. The van der Waals surface area contributed by atoms with Crippen LogP contribution in [-0.4, -0.2) is 43.0 Å². The van der Waals surface area contributed by atoms with Crippen molar-refractivity contribution >= 4 is 0 Å². The van der Waals surface area contributed by atoms with Crippen LogP contribution in [0, 0.1) is 5.92 Å². The van der Waals surface area contributed by atoms with Gasteiger partial charge >= 0.3 is 0 Å². The molecule has 1 aliphatic rings. The Morgan fingerprint density at radius 2 is 1.83 bits per heavy atom. The number of hydrogen-bond acceptors (Lipinski definition) is 2. The molecule has 3 atom stereocenters. The SMILES string of the molecule is C[C@H]([C@@H]1CCN([C@H](C)c2ccccc2)C1)N(C)C. The van der Waals surface area contributed by atoms with Crippen molar-refractivity contribution in [1.82, 2.24) is 9.80 Å². The molecule has 0 aliphatic carbocycles. The molecule has 0 N–H and O–H groups in total. The van der Waals surface area contributed by atoms with Crippen molar-refractivity contribution in [1.29, 1.82) is 0 Å². The third kappa shape index (κ3) is 2.93. The zero-order valence-corrected chi connectivity index (χ0v) is 12.1. The second-order valence-corrected chi connectivity index (χ2v) is 5.83. The van der Waals surface area contributed by atoms with Crippen molar-refractivity contribution in [2.75, 3.05) is 27.2 Å². The van der Waals surface area contributed by atoms with Crippen LogP contribution in [0.25, 0.3) is 0 Å². The summed E-state index contributed by atoms with van der Waals surface area (Å²) in [5.41, 5.74) is 1.44. The van der Waals surface area contributed by atoms with Crippen LogP contribution in [0.15, 0.2) is 30.3 Å². The van der Waals surface area contributed by atoms with E-state index in [2.05, 4.69) is 68.1 Å². The standard InChI is InChI=1S/C16H26N2/c1-13(17(3)4)16-10-11-18(12-16)14(2)15-8-6-5-7-9-15/h5-9,13-14,16H,10-12H2,1-4H3/t13-,14-,16-/m1/s1. The number of rotatable bonds is 4. The largest absolute Gasteiger partial charge is 0.306 e. The van der Waals surface area contributed by atoms with Crippen LogP contribution in [0.3, 0.4) is 0 Å². The van der Waals surface area contributed by atoms with Crippen molar-refractivity contribution in [3.8, 4) is 0 Å². The lowest BCUT2D eigenvalue weighted by Gasteiger charge is -2.28. The number of benzene rings is 1. The van der Waals surface area contributed by atoms with Gasteiger partial charge in [0, 0.05) is 18.6 Å². The van der Waals surface area contributed by atoms with E-state index in [9.17, 15) is 0 Å². The van der Waals surface area contributed by atoms with Crippen molar-refractivity contribution < 1.29 is 0 Å². The summed E-state index contributed by atoms with van der Waals surface area (Å²) in [4.78, 5) is 4.97. The molecule has 1 fully saturated rings. The Kier molecular flexibility index (Phi) is 4.41. The fourth-order valence-electron chi connectivity index (χ4n) is 2.92. The van der Waals surface area contributed by atoms with Gasteiger partial charge in [0.2, 0.25) is 0 Å². The average Bonchev–Trinajstić information content (AvgIpc) is 2.87. The molecule has 0 aromatic heterocycles. The summed E-state index contributed by atoms with van der Waals surface area (Å²) >= 11 is 0. The molecule has 2 rings (SSSR count). The highest BCUT2D eigenvalue weighted by molar-refractivity contribution is 5.18. The van der Waals surface area contributed by atoms with E-state index in [0.29, 0.717) is 12.1 Å². The lowest BCUT2D eigenvalue weighted by atomic mass is 10.00. The van der Waals surface area contributed by atoms with E-state index in [1.807, 2.05) is 0 Å². The van der Waals surface area contributed by atoms with Crippen molar-refractivity contribution in [3.63, 3.8) is 0 Å². The Hall–Kier alpha value is -0.860. The first kappa shape index (κ1) is 13.6. The Morgan fingerprint density at radius 3 is 2.44 bits per heavy atom. The smallest absolute Gasteiger partial charge is 0.0320 e. The summed E-state index contributed by atoms with van der Waals surface area (Å²) in [6.07, 6.45) is 1.33. The van der Waals surface area contributed by atoms with Crippen LogP contribution in [0.2, 0.25) is 0 Å². The van der Waals surface area contributed by atoms with Gasteiger partial charge in [0.15, 0.2) is 0 Å². The van der Waals surface area contributed by atoms with E-state index in [0.717, 1.165) is 5.92 Å². The van der Waals surface area contributed by atoms with Crippen LogP contribution in [0.5, 0.6) is 0 Å². The lowest BCUT2D eigenvalue weighted by molar-refractivity contribution is 0.202. The minimum Gasteiger partial charge on any atom is -0.306 e. The molecule has 0 amide bonds. The average molecular weight is 246 g/mol. The number of likely N-dealkylation sites (tertiary alicyclic amines) is 1. The van der Waals surface area contributed by atoms with Gasteiger partial charge in [0.1, 0.15) is 0 Å². The molecule has 1 aromatic carbocycles. The lowest BCUT2D eigenvalue weighted by Crippen LogP contribution is -2.34. The summed E-state index contributed by atoms with van der Waals surface area (Å²) in [6.45, 7) is 7.15. The van der Waals surface area contributed by atoms with E-state index in [-0.39, 0.29) is 0 Å². The third-order valence-corrected chi connectivity index (χ3v) is 4.58. The van der Waals surface area contributed by atoms with Gasteiger partial charge in [-0.2, -0.15) is 0 Å². The molecule has 0 spiro atoms. The minimum absolute atomic E-state index is 0.547. The molecular formula is C16H26N2. The van der Waals surface area contributed by atoms with Gasteiger partial charge in [-0.3, -0.25) is 4.90 Å². The van der Waals surface area contributed by atoms with Gasteiger partial charge in [-0.1, -0.05) is 30.3 Å². The predicted octanol–water partition coefficient (Wildman–Crippen LogP) is 3.02. The second kappa shape index (κ2) is 5.85. The Balaban J connectivity index is 1.97. The van der Waals surface area contributed by atoms with E-state index in [1.54, 1.807) is 0 Å². The van der Waals surface area contributed by atoms with Crippen LogP contribution < -0.4 is 0 Å². The zero-order chi connectivity index (χ0) is 13.1. The quantitative estimate of drug-likeness (QED) is 0.806. The van der Waals surface area contributed by atoms with Crippen molar-refractivity contribution in [3.05, 3.63) is 35.9 Å². The van der Waals surface area contributed by atoms with Gasteiger partial charge in [-0.15, -0.1) is 0 Å². The maximum Gasteiger partial charge on any atom is 0.0320 e. The summed E-state index contributed by atoms with van der Waals surface area (Å²) in [5, 5.41) is 0. The third-order valence-electron chi connectivity index (χ3n) is 4.58. The van der Waals surface area contributed by atoms with Crippen molar-refractivity contribution in [2.24, 2.45) is 5.92 Å². The first-order chi connectivity index (χ1) is 8.59. The summed E-state index contributed by atoms with van der Waals surface area (Å²) in [6, 6.07) is 12.1. The summed E-state index contributed by atoms with van der Waals surface area (Å²) in [5.74, 6) is 0.811. The fourth-order valence-corrected chi connectivity index (χ4v) is 2.92. The minimum atomic E-state index is 0.547. The Bertz CT molecular complexity index is 361. The Morgan fingerprint density at radius 1 is 1.17 bits per heavy atom. The Labute approximate surface area is 112 Å². The second-order valence-electron chi connectivity index (χ2n) is 5.83. The summed E-state index contributed by atoms with van der Waals surface area (Å²) in [7, 11) is 4.38. The topological polar surface area (TPSA) is 6.48 Å². The molecule has 2 nitrogen and oxygen atoms in total. The monoisotopic (exact) mass is 246 g/mol. The fraction of sp³-hybridized carbons (Fsp3) is 0.625. The maximum absolute atomic E-state index is 2.62. The van der Waals surface area contributed by atoms with Crippen LogP contribution in [0.4, 0.5) is 0 Å². The van der Waals surface area contributed by atoms with E-state index >= 15 is 0 Å². The molecule has 1 aromatic rings. The van der Waals surface area contributed by atoms with Gasteiger partial charge in [0.05, 0.1) is 0 Å². The molecule has 1 heterocycles. The van der Waals surface area contributed by atoms with Crippen LogP contribution >= 0.6 is 0 Å². The molecule has 18 heavy (non-hydrogen) atoms. The molecule has 100 valence electrons. The van der Waals surface area contributed by atoms with E-state index in [4.69, 9.17) is 0 Å². The highest BCUT2D eigenvalue weighted by atomic mass is 15.2. The molecule has 0 saturated carbocycles. The van der Waals surface area contributed by atoms with Gasteiger partial charge < -0.3 is 4.90 Å². The van der Waals surface area contributed by atoms with Gasteiger partial charge in [0.25, 0.3) is 0 Å². The first-order valence-corrected chi connectivity index (χ1v) is 7.05. The van der Waals surface area contributed by atoms with E-state index in [1.165, 1.54) is 25.1 Å². The predicted molar refractivity (Wildman–Crippen MR) is 77.7 cm³/mol. The molecule has 0 bridgehead atoms. The summed E-state index contributed by atoms with van der Waals surface area (Å²) < 4.78 is 0. The first-order valence-electron chi connectivity index (χ1n) is 7.05. The molecule has 2 heteroatoms. The normalized spacial score (nSPS) is 24.4. The zero-order valence-electron chi connectivity index (χ0n) is 12.1. The molecular weight excluding hydrogens is 220 g/mol. The van der Waals surface area contributed by atoms with Crippen LogP contribution in [-0.2, 0) is 0 Å². The molecule has 1 saturated heterocycles. The molecule has 1 aliphatic heterocycles. The van der Waals surface area contributed by atoms with Gasteiger partial charge in [-0.25, -0.2) is 0 Å². The molecule has 0 unspecified atom stereocenters. The highest BCUT2D eigenvalue weighted by Gasteiger charge is 2.30. The maximum atomic E-state index is 2.62. The van der Waals surface area contributed by atoms with E-state index < -0.39 is 0 Å². The van der Waals surface area contributed by atoms with Crippen molar-refractivity contribution in [2.45, 2.75) is 32.4 Å². The van der Waals surface area contributed by atoms with Gasteiger partial charge in [-0.05, 0) is 52.4 Å². The number of hydrogen-bond donors (Lipinski definition) is 0. The number of nitrogens with zero attached hydrogens (tertiary/aromatic N) is 2.